The van der Waals surface area contributed by atoms with Crippen LogP contribution in [0.5, 0.6) is 0 Å². The van der Waals surface area contributed by atoms with Crippen molar-refractivity contribution in [3.63, 3.8) is 0 Å². The maximum atomic E-state index is 12.5. The monoisotopic (exact) mass is 474 g/mol. The Morgan fingerprint density at radius 2 is 1.74 bits per heavy atom. The number of rotatable bonds is 7. The van der Waals surface area contributed by atoms with Crippen molar-refractivity contribution in [1.29, 1.82) is 0 Å². The smallest absolute Gasteiger partial charge is 0.197 e. The molecule has 1 aliphatic carbocycles. The molecule has 2 heterocycles. The Hall–Kier alpha value is -0.300. The highest BCUT2D eigenvalue weighted by molar-refractivity contribution is 9.12. The van der Waals surface area contributed by atoms with Crippen molar-refractivity contribution >= 4 is 66.1 Å². The van der Waals surface area contributed by atoms with E-state index in [4.69, 9.17) is 0 Å². The molecule has 122 valence electrons. The molecule has 1 aliphatic rings. The van der Waals surface area contributed by atoms with Gasteiger partial charge in [0.05, 0.1) is 18.0 Å². The number of thiophene rings is 2. The number of ketones is 2. The second-order valence-electron chi connectivity index (χ2n) is 5.67. The number of carbonyl (C=O) groups excluding carboxylic acids is 2. The van der Waals surface area contributed by atoms with Crippen molar-refractivity contribution in [1.82, 2.24) is 0 Å². The average molecular weight is 476 g/mol. The van der Waals surface area contributed by atoms with Gasteiger partial charge in [0.15, 0.2) is 11.6 Å². The van der Waals surface area contributed by atoms with E-state index in [0.29, 0.717) is 12.0 Å². The highest BCUT2D eigenvalue weighted by atomic mass is 79.9. The van der Waals surface area contributed by atoms with E-state index in [-0.39, 0.29) is 11.6 Å². The molecular formula is C17H16Br2O2S2. The van der Waals surface area contributed by atoms with Crippen LogP contribution >= 0.6 is 54.5 Å². The van der Waals surface area contributed by atoms with E-state index in [1.54, 1.807) is 6.07 Å². The third-order valence-electron chi connectivity index (χ3n) is 4.04. The molecule has 0 aromatic carbocycles. The standard InChI is InChI=1S/C17H16Br2O2S2/c1-2-3-4-5-6-7-10(20)11-8-9-14(21)12-13(15(9)22-11)17(19)23-16(12)18/h8H,2-7H2,1H3. The highest BCUT2D eigenvalue weighted by Crippen LogP contribution is 2.52. The molecule has 0 fully saturated rings. The van der Waals surface area contributed by atoms with Crippen LogP contribution in [0.4, 0.5) is 0 Å². The molecule has 6 heteroatoms. The van der Waals surface area contributed by atoms with Crippen molar-refractivity contribution in [3.05, 3.63) is 29.6 Å². The lowest BCUT2D eigenvalue weighted by Crippen LogP contribution is -1.98. The molecule has 0 N–H and O–H groups in total. The second kappa shape index (κ2) is 7.30. The van der Waals surface area contributed by atoms with E-state index in [9.17, 15) is 9.59 Å². The minimum atomic E-state index is 0.0297. The van der Waals surface area contributed by atoms with Crippen LogP contribution in [0.15, 0.2) is 13.6 Å². The predicted octanol–water partition coefficient (Wildman–Crippen LogP) is 7.09. The molecule has 2 nitrogen and oxygen atoms in total. The number of fused-ring (bicyclic) bond motifs is 3. The van der Waals surface area contributed by atoms with Gasteiger partial charge in [0, 0.05) is 22.4 Å². The summed E-state index contributed by atoms with van der Waals surface area (Å²) >= 11 is 9.97. The van der Waals surface area contributed by atoms with Crippen LogP contribution < -0.4 is 0 Å². The number of carbonyl (C=O) groups is 2. The zero-order valence-corrected chi connectivity index (χ0v) is 17.5. The van der Waals surface area contributed by atoms with Gasteiger partial charge in [-0.1, -0.05) is 32.6 Å². The highest BCUT2D eigenvalue weighted by Gasteiger charge is 2.35. The van der Waals surface area contributed by atoms with Crippen molar-refractivity contribution in [3.8, 4) is 10.4 Å². The topological polar surface area (TPSA) is 34.1 Å². The molecule has 0 amide bonds. The summed E-state index contributed by atoms with van der Waals surface area (Å²) in [5, 5.41) is 0. The summed E-state index contributed by atoms with van der Waals surface area (Å²) in [5.74, 6) is 0.197. The normalized spacial score (nSPS) is 12.6. The summed E-state index contributed by atoms with van der Waals surface area (Å²) < 4.78 is 1.81. The molecule has 3 rings (SSSR count). The van der Waals surface area contributed by atoms with Crippen molar-refractivity contribution in [2.45, 2.75) is 45.4 Å². The van der Waals surface area contributed by atoms with Crippen molar-refractivity contribution < 1.29 is 9.59 Å². The molecule has 0 saturated carbocycles. The van der Waals surface area contributed by atoms with Crippen LogP contribution in [-0.2, 0) is 0 Å². The number of halogens is 2. The number of hydrogen-bond acceptors (Lipinski definition) is 4. The van der Waals surface area contributed by atoms with E-state index in [1.165, 1.54) is 41.9 Å². The molecule has 0 atom stereocenters. The lowest BCUT2D eigenvalue weighted by molar-refractivity contribution is 0.0983. The molecular weight excluding hydrogens is 460 g/mol. The Morgan fingerprint density at radius 3 is 2.48 bits per heavy atom. The first-order chi connectivity index (χ1) is 11.0. The van der Waals surface area contributed by atoms with E-state index < -0.39 is 0 Å². The van der Waals surface area contributed by atoms with Crippen LogP contribution in [0.25, 0.3) is 10.4 Å². The Labute approximate surface area is 160 Å². The molecule has 23 heavy (non-hydrogen) atoms. The van der Waals surface area contributed by atoms with Crippen LogP contribution in [-0.4, -0.2) is 11.6 Å². The first-order valence-corrected chi connectivity index (χ1v) is 11.0. The lowest BCUT2D eigenvalue weighted by Gasteiger charge is -1.99. The molecule has 0 bridgehead atoms. The maximum Gasteiger partial charge on any atom is 0.197 e. The second-order valence-corrected chi connectivity index (χ2v) is 10.4. The molecule has 0 saturated heterocycles. The van der Waals surface area contributed by atoms with Gasteiger partial charge in [-0.2, -0.15) is 0 Å². The Bertz CT molecular complexity index is 774. The summed E-state index contributed by atoms with van der Waals surface area (Å²) in [7, 11) is 0. The number of Topliss-reactive ketones (excluding diaryl/α,β-unsaturated/α-hetero) is 1. The van der Waals surface area contributed by atoms with Crippen LogP contribution in [0.1, 0.15) is 71.0 Å². The van der Waals surface area contributed by atoms with Gasteiger partial charge in [-0.3, -0.25) is 9.59 Å². The summed E-state index contributed by atoms with van der Waals surface area (Å²) in [5.41, 5.74) is 2.37. The third kappa shape index (κ3) is 3.28. The average Bonchev–Trinajstić information content (AvgIpc) is 3.13. The van der Waals surface area contributed by atoms with Crippen LogP contribution in [0.3, 0.4) is 0 Å². The summed E-state index contributed by atoms with van der Waals surface area (Å²) in [6.45, 7) is 2.19. The molecule has 2 aromatic rings. The molecule has 0 spiro atoms. The molecule has 2 aromatic heterocycles. The van der Waals surface area contributed by atoms with Crippen molar-refractivity contribution in [2.24, 2.45) is 0 Å². The minimum absolute atomic E-state index is 0.0297. The summed E-state index contributed by atoms with van der Waals surface area (Å²) in [6, 6.07) is 1.79. The van der Waals surface area contributed by atoms with Gasteiger partial charge in [-0.25, -0.2) is 0 Å². The van der Waals surface area contributed by atoms with E-state index in [0.717, 1.165) is 41.3 Å². The van der Waals surface area contributed by atoms with Crippen LogP contribution in [0, 0.1) is 0 Å². The minimum Gasteiger partial charge on any atom is -0.293 e. The van der Waals surface area contributed by atoms with Gasteiger partial charge in [-0.05, 0) is 44.3 Å². The van der Waals surface area contributed by atoms with Gasteiger partial charge in [0.1, 0.15) is 0 Å². The maximum absolute atomic E-state index is 12.5. The Morgan fingerprint density at radius 1 is 1.04 bits per heavy atom. The van der Waals surface area contributed by atoms with Crippen LogP contribution in [0.2, 0.25) is 0 Å². The predicted molar refractivity (Wildman–Crippen MR) is 104 cm³/mol. The fourth-order valence-corrected chi connectivity index (χ4v) is 7.35. The van der Waals surface area contributed by atoms with E-state index >= 15 is 0 Å². The van der Waals surface area contributed by atoms with E-state index in [2.05, 4.69) is 38.8 Å². The fourth-order valence-electron chi connectivity index (χ4n) is 2.81. The van der Waals surface area contributed by atoms with Crippen molar-refractivity contribution in [2.75, 3.05) is 0 Å². The van der Waals surface area contributed by atoms with E-state index in [1.807, 2.05) is 0 Å². The molecule has 0 aliphatic heterocycles. The molecule has 0 unspecified atom stereocenters. The quantitative estimate of drug-likeness (QED) is 0.270. The summed E-state index contributed by atoms with van der Waals surface area (Å²) in [4.78, 5) is 26.6. The SMILES string of the molecule is CCCCCCCC(=O)c1cc2c(s1)-c1c(Br)sc(Br)c1C2=O. The van der Waals surface area contributed by atoms with Gasteiger partial charge in [0.25, 0.3) is 0 Å². The summed E-state index contributed by atoms with van der Waals surface area (Å²) in [6.07, 6.45) is 6.27. The first kappa shape index (κ1) is 17.5. The fraction of sp³-hybridized carbons (Fsp3) is 0.412. The third-order valence-corrected chi connectivity index (χ3v) is 7.76. The Kier molecular flexibility index (Phi) is 5.56. The Balaban J connectivity index is 1.75. The lowest BCUT2D eigenvalue weighted by atomic mass is 10.1. The van der Waals surface area contributed by atoms with Gasteiger partial charge in [0.2, 0.25) is 0 Å². The largest absolute Gasteiger partial charge is 0.293 e. The van der Waals surface area contributed by atoms with Gasteiger partial charge in [-0.15, -0.1) is 22.7 Å². The number of unbranched alkanes of at least 4 members (excludes halogenated alkanes) is 4. The molecule has 0 radical (unpaired) electrons. The first-order valence-electron chi connectivity index (χ1n) is 7.74. The van der Waals surface area contributed by atoms with Gasteiger partial charge >= 0.3 is 0 Å². The number of hydrogen-bond donors (Lipinski definition) is 0. The zero-order valence-electron chi connectivity index (χ0n) is 12.7. The van der Waals surface area contributed by atoms with Gasteiger partial charge < -0.3 is 0 Å². The zero-order chi connectivity index (χ0) is 16.6.